The number of non-ortho nitro benzene ring substituents is 1. The zero-order valence-corrected chi connectivity index (χ0v) is 18.4. The maximum absolute atomic E-state index is 12.6. The molecule has 33 heavy (non-hydrogen) atoms. The fourth-order valence-electron chi connectivity index (χ4n) is 2.78. The van der Waals surface area contributed by atoms with Gasteiger partial charge in [0.05, 0.1) is 16.4 Å². The second kappa shape index (κ2) is 10.4. The standard InChI is InChI=1S/C23H21N3O6S/c1-2-32-21-12-6-19(7-13-21)25-33(30,31)22-14-8-18(9-15-22)24-23(27)16-5-17-3-10-20(11-4-17)26(28)29/h3-16,25H,2H2,1H3,(H,24,27)/b16-5+. The van der Waals surface area contributed by atoms with Crippen molar-refractivity contribution < 1.29 is 22.9 Å². The summed E-state index contributed by atoms with van der Waals surface area (Å²) in [5, 5.41) is 13.3. The van der Waals surface area contributed by atoms with Gasteiger partial charge in [-0.05, 0) is 79.2 Å². The van der Waals surface area contributed by atoms with Crippen molar-refractivity contribution in [3.05, 3.63) is 94.6 Å². The molecular weight excluding hydrogens is 446 g/mol. The van der Waals surface area contributed by atoms with Gasteiger partial charge in [-0.3, -0.25) is 19.6 Å². The molecule has 0 saturated heterocycles. The molecule has 0 aromatic heterocycles. The molecule has 3 rings (SSSR count). The third-order valence-corrected chi connectivity index (χ3v) is 5.78. The van der Waals surface area contributed by atoms with E-state index in [1.54, 1.807) is 24.3 Å². The Balaban J connectivity index is 1.60. The number of hydrogen-bond acceptors (Lipinski definition) is 6. The summed E-state index contributed by atoms with van der Waals surface area (Å²) in [4.78, 5) is 22.3. The summed E-state index contributed by atoms with van der Waals surface area (Å²) >= 11 is 0. The SMILES string of the molecule is CCOc1ccc(NS(=O)(=O)c2ccc(NC(=O)/C=C/c3ccc([N+](=O)[O-])cc3)cc2)cc1. The zero-order valence-electron chi connectivity index (χ0n) is 17.6. The number of rotatable bonds is 9. The highest BCUT2D eigenvalue weighted by molar-refractivity contribution is 7.92. The van der Waals surface area contributed by atoms with Crippen LogP contribution in [0.3, 0.4) is 0 Å². The van der Waals surface area contributed by atoms with Gasteiger partial charge in [0.15, 0.2) is 0 Å². The van der Waals surface area contributed by atoms with Crippen LogP contribution in [0.25, 0.3) is 6.08 Å². The number of nitrogens with zero attached hydrogens (tertiary/aromatic N) is 1. The summed E-state index contributed by atoms with van der Waals surface area (Å²) in [6.45, 7) is 2.37. The number of anilines is 2. The Morgan fingerprint density at radius 2 is 1.58 bits per heavy atom. The lowest BCUT2D eigenvalue weighted by molar-refractivity contribution is -0.384. The smallest absolute Gasteiger partial charge is 0.269 e. The average Bonchev–Trinajstić information content (AvgIpc) is 2.79. The minimum Gasteiger partial charge on any atom is -0.494 e. The van der Waals surface area contributed by atoms with Gasteiger partial charge in [-0.1, -0.05) is 0 Å². The van der Waals surface area contributed by atoms with Gasteiger partial charge in [-0.2, -0.15) is 0 Å². The Bertz CT molecular complexity index is 1250. The van der Waals surface area contributed by atoms with Gasteiger partial charge in [0.25, 0.3) is 15.7 Å². The van der Waals surface area contributed by atoms with Crippen molar-refractivity contribution in [3.63, 3.8) is 0 Å². The summed E-state index contributed by atoms with van der Waals surface area (Å²) < 4.78 is 33.0. The van der Waals surface area contributed by atoms with Crippen molar-refractivity contribution in [1.29, 1.82) is 0 Å². The molecule has 0 aliphatic rings. The molecule has 2 N–H and O–H groups in total. The highest BCUT2D eigenvalue weighted by atomic mass is 32.2. The summed E-state index contributed by atoms with van der Waals surface area (Å²) in [5.41, 5.74) is 1.39. The Morgan fingerprint density at radius 3 is 2.15 bits per heavy atom. The number of nitro benzene ring substituents is 1. The van der Waals surface area contributed by atoms with E-state index in [0.717, 1.165) is 0 Å². The molecule has 0 atom stereocenters. The molecule has 9 nitrogen and oxygen atoms in total. The van der Waals surface area contributed by atoms with E-state index in [1.165, 1.54) is 60.7 Å². The molecule has 0 unspecified atom stereocenters. The normalized spacial score (nSPS) is 11.2. The molecule has 0 aliphatic carbocycles. The number of nitrogens with one attached hydrogen (secondary N) is 2. The van der Waals surface area contributed by atoms with Crippen LogP contribution in [-0.4, -0.2) is 25.9 Å². The number of sulfonamides is 1. The second-order valence-corrected chi connectivity index (χ2v) is 8.44. The third-order valence-electron chi connectivity index (χ3n) is 4.38. The lowest BCUT2D eigenvalue weighted by atomic mass is 10.2. The van der Waals surface area contributed by atoms with E-state index in [1.807, 2.05) is 6.92 Å². The molecule has 0 spiro atoms. The van der Waals surface area contributed by atoms with E-state index in [9.17, 15) is 23.3 Å². The van der Waals surface area contributed by atoms with Gasteiger partial charge in [-0.25, -0.2) is 8.42 Å². The van der Waals surface area contributed by atoms with E-state index in [-0.39, 0.29) is 10.6 Å². The monoisotopic (exact) mass is 467 g/mol. The minimum atomic E-state index is -3.81. The van der Waals surface area contributed by atoms with Crippen LogP contribution in [-0.2, 0) is 14.8 Å². The van der Waals surface area contributed by atoms with Crippen molar-refractivity contribution >= 4 is 39.1 Å². The lowest BCUT2D eigenvalue weighted by Gasteiger charge is -2.10. The van der Waals surface area contributed by atoms with Crippen LogP contribution in [0.4, 0.5) is 17.1 Å². The summed E-state index contributed by atoms with van der Waals surface area (Å²) in [6, 6.07) is 18.0. The molecular formula is C23H21N3O6S. The first kappa shape index (κ1) is 23.5. The number of amides is 1. The fourth-order valence-corrected chi connectivity index (χ4v) is 3.84. The van der Waals surface area contributed by atoms with E-state index >= 15 is 0 Å². The average molecular weight is 468 g/mol. The molecule has 0 radical (unpaired) electrons. The zero-order chi connectivity index (χ0) is 23.8. The number of ether oxygens (including phenoxy) is 1. The van der Waals surface area contributed by atoms with Crippen LogP contribution in [0.5, 0.6) is 5.75 Å². The van der Waals surface area contributed by atoms with E-state index in [2.05, 4.69) is 10.0 Å². The second-order valence-electron chi connectivity index (χ2n) is 6.76. The Kier molecular flexibility index (Phi) is 7.42. The topological polar surface area (TPSA) is 128 Å². The number of carbonyl (C=O) groups excluding carboxylic acids is 1. The third kappa shape index (κ3) is 6.65. The van der Waals surface area contributed by atoms with Crippen molar-refractivity contribution in [3.8, 4) is 5.75 Å². The van der Waals surface area contributed by atoms with Crippen molar-refractivity contribution in [2.45, 2.75) is 11.8 Å². The van der Waals surface area contributed by atoms with Crippen LogP contribution in [0.15, 0.2) is 83.8 Å². The molecule has 1 amide bonds. The number of hydrogen-bond donors (Lipinski definition) is 2. The maximum Gasteiger partial charge on any atom is 0.269 e. The lowest BCUT2D eigenvalue weighted by Crippen LogP contribution is -2.13. The van der Waals surface area contributed by atoms with E-state index in [4.69, 9.17) is 4.74 Å². The van der Waals surface area contributed by atoms with Crippen LogP contribution < -0.4 is 14.8 Å². The first-order chi connectivity index (χ1) is 15.8. The number of nitro groups is 1. The molecule has 0 fully saturated rings. The molecule has 0 aliphatic heterocycles. The first-order valence-corrected chi connectivity index (χ1v) is 11.3. The molecule has 3 aromatic rings. The quantitative estimate of drug-likeness (QED) is 0.272. The van der Waals surface area contributed by atoms with Gasteiger partial charge in [0.1, 0.15) is 5.75 Å². The van der Waals surface area contributed by atoms with Crippen LogP contribution >= 0.6 is 0 Å². The molecule has 170 valence electrons. The van der Waals surface area contributed by atoms with Crippen LogP contribution in [0, 0.1) is 10.1 Å². The van der Waals surface area contributed by atoms with Crippen molar-refractivity contribution in [1.82, 2.24) is 0 Å². The predicted octanol–water partition coefficient (Wildman–Crippen LogP) is 4.45. The molecule has 10 heteroatoms. The first-order valence-electron chi connectivity index (χ1n) is 9.86. The van der Waals surface area contributed by atoms with Gasteiger partial charge < -0.3 is 10.1 Å². The fraction of sp³-hybridized carbons (Fsp3) is 0.0870. The minimum absolute atomic E-state index is 0.0378. The maximum atomic E-state index is 12.6. The highest BCUT2D eigenvalue weighted by Gasteiger charge is 2.14. The molecule has 0 heterocycles. The predicted molar refractivity (Wildman–Crippen MR) is 126 cm³/mol. The van der Waals surface area contributed by atoms with Gasteiger partial charge in [-0.15, -0.1) is 0 Å². The van der Waals surface area contributed by atoms with Gasteiger partial charge in [0, 0.05) is 29.6 Å². The molecule has 3 aromatic carbocycles. The largest absolute Gasteiger partial charge is 0.494 e. The van der Waals surface area contributed by atoms with E-state index < -0.39 is 20.9 Å². The van der Waals surface area contributed by atoms with Crippen LogP contribution in [0.2, 0.25) is 0 Å². The summed E-state index contributed by atoms with van der Waals surface area (Å²) in [7, 11) is -3.81. The van der Waals surface area contributed by atoms with Crippen molar-refractivity contribution in [2.75, 3.05) is 16.6 Å². The Labute approximate surface area is 190 Å². The Morgan fingerprint density at radius 1 is 0.970 bits per heavy atom. The highest BCUT2D eigenvalue weighted by Crippen LogP contribution is 2.21. The van der Waals surface area contributed by atoms with Crippen LogP contribution in [0.1, 0.15) is 12.5 Å². The summed E-state index contributed by atoms with van der Waals surface area (Å²) in [5.74, 6) is 0.208. The van der Waals surface area contributed by atoms with Crippen molar-refractivity contribution in [2.24, 2.45) is 0 Å². The van der Waals surface area contributed by atoms with Gasteiger partial charge in [0.2, 0.25) is 5.91 Å². The molecule has 0 bridgehead atoms. The van der Waals surface area contributed by atoms with E-state index in [0.29, 0.717) is 29.3 Å². The number of benzene rings is 3. The Hall–Kier alpha value is -4.18. The summed E-state index contributed by atoms with van der Waals surface area (Å²) in [6.07, 6.45) is 2.79. The van der Waals surface area contributed by atoms with Gasteiger partial charge >= 0.3 is 0 Å². The number of carbonyl (C=O) groups is 1. The molecule has 0 saturated carbocycles.